The summed E-state index contributed by atoms with van der Waals surface area (Å²) in [4.78, 5) is 33.6. The molecule has 176 valence electrons. The highest BCUT2D eigenvalue weighted by molar-refractivity contribution is 6.34. The zero-order chi connectivity index (χ0) is 24.3. The topological polar surface area (TPSA) is 95.7 Å². The molecule has 0 saturated heterocycles. The van der Waals surface area contributed by atoms with Gasteiger partial charge in [0.2, 0.25) is 0 Å². The Morgan fingerprint density at radius 1 is 1.33 bits per heavy atom. The number of hydrogen-bond acceptors (Lipinski definition) is 5. The number of H-pyrrole nitrogens is 1. The number of nitrogens with one attached hydrogen (secondary N) is 3. The van der Waals surface area contributed by atoms with Crippen LogP contribution < -0.4 is 10.6 Å². The van der Waals surface area contributed by atoms with E-state index in [0.717, 1.165) is 0 Å². The smallest absolute Gasteiger partial charge is 0.256 e. The van der Waals surface area contributed by atoms with Crippen molar-refractivity contribution in [2.24, 2.45) is 0 Å². The third kappa shape index (κ3) is 5.15. The predicted octanol–water partition coefficient (Wildman–Crippen LogP) is 3.41. The molecule has 1 aromatic carbocycles. The van der Waals surface area contributed by atoms with E-state index in [4.69, 9.17) is 9.57 Å². The summed E-state index contributed by atoms with van der Waals surface area (Å²) < 4.78 is 19.2. The van der Waals surface area contributed by atoms with Crippen LogP contribution in [0, 0.1) is 19.7 Å². The van der Waals surface area contributed by atoms with Gasteiger partial charge >= 0.3 is 0 Å². The number of carbonyl (C=O) groups excluding carboxylic acids is 2. The Bertz CT molecular complexity index is 1120. The highest BCUT2D eigenvalue weighted by atomic mass is 19.1. The largest absolute Gasteiger partial charge is 0.379 e. The number of anilines is 1. The number of aromatic nitrogens is 1. The van der Waals surface area contributed by atoms with Gasteiger partial charge in [-0.15, -0.1) is 0 Å². The van der Waals surface area contributed by atoms with Crippen molar-refractivity contribution < 1.29 is 23.6 Å². The highest BCUT2D eigenvalue weighted by Gasteiger charge is 2.26. The van der Waals surface area contributed by atoms with Crippen LogP contribution in [-0.2, 0) is 14.4 Å². The number of methoxy groups -OCH3 is 1. The summed E-state index contributed by atoms with van der Waals surface area (Å²) in [6, 6.07) is 4.14. The van der Waals surface area contributed by atoms with Crippen LogP contribution in [-0.4, -0.2) is 55.8 Å². The Hall–Kier alpha value is -3.43. The minimum absolute atomic E-state index is 0.263. The summed E-state index contributed by atoms with van der Waals surface area (Å²) in [5, 5.41) is 7.16. The second kappa shape index (κ2) is 10.0. The molecule has 1 aliphatic heterocycles. The molecule has 0 radical (unpaired) electrons. The third-order valence-electron chi connectivity index (χ3n) is 5.76. The van der Waals surface area contributed by atoms with Crippen molar-refractivity contribution in [3.05, 3.63) is 64.4 Å². The van der Waals surface area contributed by atoms with Crippen LogP contribution in [0.3, 0.4) is 0 Å². The number of ether oxygens (including phenoxy) is 1. The van der Waals surface area contributed by atoms with E-state index in [0.29, 0.717) is 51.5 Å². The average molecular weight is 457 g/mol. The minimum atomic E-state index is -0.428. The normalized spacial score (nSPS) is 14.7. The van der Waals surface area contributed by atoms with E-state index in [1.165, 1.54) is 23.3 Å². The zero-order valence-corrected chi connectivity index (χ0v) is 19.5. The van der Waals surface area contributed by atoms with Gasteiger partial charge in [0, 0.05) is 55.5 Å². The molecule has 0 bridgehead atoms. The molecule has 3 N–H and O–H groups in total. The van der Waals surface area contributed by atoms with Gasteiger partial charge in [-0.1, -0.05) is 6.58 Å². The van der Waals surface area contributed by atoms with Crippen LogP contribution in [0.1, 0.15) is 39.3 Å². The lowest BCUT2D eigenvalue weighted by Crippen LogP contribution is -2.35. The van der Waals surface area contributed by atoms with Crippen molar-refractivity contribution in [2.45, 2.75) is 26.4 Å². The van der Waals surface area contributed by atoms with E-state index in [9.17, 15) is 14.0 Å². The van der Waals surface area contributed by atoms with Gasteiger partial charge < -0.3 is 20.4 Å². The first-order valence-electron chi connectivity index (χ1n) is 10.4. The first kappa shape index (κ1) is 24.2. The number of fused-ring (bicyclic) bond motifs is 1. The maximum absolute atomic E-state index is 13.7. The fraction of sp³-hybridized carbons (Fsp3) is 0.333. The number of aromatic amines is 1. The molecule has 0 aliphatic carbocycles. The molecule has 1 unspecified atom stereocenters. The third-order valence-corrected chi connectivity index (χ3v) is 5.76. The Morgan fingerprint density at radius 3 is 2.73 bits per heavy atom. The van der Waals surface area contributed by atoms with Crippen molar-refractivity contribution in [1.82, 2.24) is 15.4 Å². The standard InChI is InChI=1S/C24H29FN4O4/c1-13(29(4)33-6)9-17(32-5)12-26-24(31)22-14(2)21(27-15(22)3)11-19-18-10-16(25)7-8-20(18)28-23(19)30/h7-8,10-11,17,27H,1,9,12H2,2-6H3,(H,26,31)(H,28,30). The van der Waals surface area contributed by atoms with Gasteiger partial charge in [0.05, 0.1) is 24.4 Å². The average Bonchev–Trinajstić information content (AvgIpc) is 3.24. The maximum atomic E-state index is 13.7. The van der Waals surface area contributed by atoms with Crippen LogP contribution in [0.2, 0.25) is 0 Å². The molecule has 3 rings (SSSR count). The van der Waals surface area contributed by atoms with Gasteiger partial charge in [-0.05, 0) is 43.7 Å². The lowest BCUT2D eigenvalue weighted by Gasteiger charge is -2.23. The Balaban J connectivity index is 1.78. The summed E-state index contributed by atoms with van der Waals surface area (Å²) >= 11 is 0. The number of hydroxylamine groups is 2. The van der Waals surface area contributed by atoms with E-state index in [-0.39, 0.29) is 24.5 Å². The summed E-state index contributed by atoms with van der Waals surface area (Å²) in [6.07, 6.45) is 1.84. The quantitative estimate of drug-likeness (QED) is 0.397. The molecule has 2 heterocycles. The highest BCUT2D eigenvalue weighted by Crippen LogP contribution is 2.34. The van der Waals surface area contributed by atoms with Crippen molar-refractivity contribution in [3.8, 4) is 0 Å². The second-order valence-corrected chi connectivity index (χ2v) is 7.88. The van der Waals surface area contributed by atoms with Gasteiger partial charge in [-0.3, -0.25) is 19.5 Å². The molecule has 1 aliphatic rings. The van der Waals surface area contributed by atoms with E-state index in [1.54, 1.807) is 41.2 Å². The van der Waals surface area contributed by atoms with Gasteiger partial charge in [0.1, 0.15) is 5.82 Å². The number of rotatable bonds is 9. The van der Waals surface area contributed by atoms with Crippen molar-refractivity contribution >= 4 is 29.2 Å². The first-order valence-corrected chi connectivity index (χ1v) is 10.4. The van der Waals surface area contributed by atoms with Gasteiger partial charge in [0.15, 0.2) is 0 Å². The molecule has 0 saturated carbocycles. The number of benzene rings is 1. The Morgan fingerprint density at radius 2 is 2.06 bits per heavy atom. The lowest BCUT2D eigenvalue weighted by atomic mass is 10.0. The number of amides is 2. The Labute approximate surface area is 192 Å². The summed E-state index contributed by atoms with van der Waals surface area (Å²) in [7, 11) is 4.86. The van der Waals surface area contributed by atoms with Crippen LogP contribution >= 0.6 is 0 Å². The molecule has 2 aromatic rings. The van der Waals surface area contributed by atoms with Crippen molar-refractivity contribution in [1.29, 1.82) is 0 Å². The summed E-state index contributed by atoms with van der Waals surface area (Å²) in [5.41, 5.74) is 4.54. The molecule has 9 heteroatoms. The number of nitrogens with zero attached hydrogens (tertiary/aromatic N) is 1. The molecule has 0 fully saturated rings. The number of halogens is 1. The van der Waals surface area contributed by atoms with Crippen LogP contribution in [0.5, 0.6) is 0 Å². The molecular weight excluding hydrogens is 427 g/mol. The fourth-order valence-corrected chi connectivity index (χ4v) is 3.76. The zero-order valence-electron chi connectivity index (χ0n) is 19.5. The molecule has 2 amide bonds. The minimum Gasteiger partial charge on any atom is -0.379 e. The molecular formula is C24H29FN4O4. The van der Waals surface area contributed by atoms with Gasteiger partial charge in [0.25, 0.3) is 11.8 Å². The molecule has 1 aromatic heterocycles. The second-order valence-electron chi connectivity index (χ2n) is 7.88. The van der Waals surface area contributed by atoms with E-state index in [1.807, 2.05) is 0 Å². The van der Waals surface area contributed by atoms with Gasteiger partial charge in [-0.25, -0.2) is 4.39 Å². The Kier molecular flexibility index (Phi) is 7.35. The van der Waals surface area contributed by atoms with E-state index < -0.39 is 5.82 Å². The fourth-order valence-electron chi connectivity index (χ4n) is 3.76. The van der Waals surface area contributed by atoms with Crippen molar-refractivity contribution in [2.75, 3.05) is 33.1 Å². The molecule has 1 atom stereocenters. The molecule has 0 spiro atoms. The molecule has 8 nitrogen and oxygen atoms in total. The SMILES string of the molecule is C=C(CC(CNC(=O)c1c(C)[nH]c(C=C2C(=O)Nc3ccc(F)cc32)c1C)OC)N(C)OC. The number of carbonyl (C=O) groups is 2. The number of aryl methyl sites for hydroxylation is 1. The van der Waals surface area contributed by atoms with Crippen LogP contribution in [0.25, 0.3) is 11.6 Å². The molecule has 33 heavy (non-hydrogen) atoms. The lowest BCUT2D eigenvalue weighted by molar-refractivity contribution is -0.110. The van der Waals surface area contributed by atoms with Gasteiger partial charge in [-0.2, -0.15) is 0 Å². The van der Waals surface area contributed by atoms with E-state index >= 15 is 0 Å². The predicted molar refractivity (Wildman–Crippen MR) is 125 cm³/mol. The summed E-state index contributed by atoms with van der Waals surface area (Å²) in [6.45, 7) is 7.81. The van der Waals surface area contributed by atoms with Crippen molar-refractivity contribution in [3.63, 3.8) is 0 Å². The van der Waals surface area contributed by atoms with Crippen LogP contribution in [0.15, 0.2) is 30.5 Å². The van der Waals surface area contributed by atoms with Crippen LogP contribution in [0.4, 0.5) is 10.1 Å². The van der Waals surface area contributed by atoms with E-state index in [2.05, 4.69) is 22.2 Å². The first-order chi connectivity index (χ1) is 15.7. The number of hydrogen-bond donors (Lipinski definition) is 3. The maximum Gasteiger partial charge on any atom is 0.256 e. The summed E-state index contributed by atoms with van der Waals surface area (Å²) in [5.74, 6) is -1.01. The monoisotopic (exact) mass is 456 g/mol.